The van der Waals surface area contributed by atoms with Gasteiger partial charge in [0, 0.05) is 38.6 Å². The molecular formula is C15H23N3O3S. The van der Waals surface area contributed by atoms with Crippen LogP contribution < -0.4 is 5.73 Å². The minimum Gasteiger partial charge on any atom is -0.340 e. The summed E-state index contributed by atoms with van der Waals surface area (Å²) in [6, 6.07) is 8.39. The van der Waals surface area contributed by atoms with Crippen molar-refractivity contribution in [3.63, 3.8) is 0 Å². The summed E-state index contributed by atoms with van der Waals surface area (Å²) in [5.41, 5.74) is 5.66. The second-order valence-corrected chi connectivity index (χ2v) is 7.55. The summed E-state index contributed by atoms with van der Waals surface area (Å²) in [4.78, 5) is 14.1. The number of sulfonamides is 1. The van der Waals surface area contributed by atoms with Crippen LogP contribution in [0.2, 0.25) is 0 Å². The molecule has 1 amide bonds. The first-order valence-electron chi connectivity index (χ1n) is 7.50. The minimum absolute atomic E-state index is 0.00342. The fourth-order valence-electron chi connectivity index (χ4n) is 2.43. The average Bonchev–Trinajstić information content (AvgIpc) is 2.53. The van der Waals surface area contributed by atoms with Crippen LogP contribution in [0, 0.1) is 0 Å². The Balaban J connectivity index is 1.93. The van der Waals surface area contributed by atoms with Crippen molar-refractivity contribution in [3.05, 3.63) is 30.3 Å². The van der Waals surface area contributed by atoms with E-state index in [1.165, 1.54) is 4.31 Å². The van der Waals surface area contributed by atoms with E-state index in [1.54, 1.807) is 35.2 Å². The predicted molar refractivity (Wildman–Crippen MR) is 84.7 cm³/mol. The number of carbonyl (C=O) groups excluding carboxylic acids is 1. The summed E-state index contributed by atoms with van der Waals surface area (Å²) in [6.07, 6.45) is 1.07. The standard InChI is InChI=1S/C15H23N3O3S/c1-13(16)7-8-15(19)17-9-11-18(12-10-17)22(20,21)14-5-3-2-4-6-14/h2-6,13H,7-12,16H2,1H3. The molecule has 2 rings (SSSR count). The topological polar surface area (TPSA) is 83.7 Å². The van der Waals surface area contributed by atoms with Crippen molar-refractivity contribution in [1.82, 2.24) is 9.21 Å². The van der Waals surface area contributed by atoms with Gasteiger partial charge >= 0.3 is 0 Å². The van der Waals surface area contributed by atoms with Crippen molar-refractivity contribution < 1.29 is 13.2 Å². The van der Waals surface area contributed by atoms with Gasteiger partial charge in [0.25, 0.3) is 0 Å². The largest absolute Gasteiger partial charge is 0.340 e. The monoisotopic (exact) mass is 325 g/mol. The highest BCUT2D eigenvalue weighted by Gasteiger charge is 2.29. The average molecular weight is 325 g/mol. The maximum Gasteiger partial charge on any atom is 0.243 e. The number of carbonyl (C=O) groups is 1. The van der Waals surface area contributed by atoms with Crippen molar-refractivity contribution in [2.75, 3.05) is 26.2 Å². The fraction of sp³-hybridized carbons (Fsp3) is 0.533. The lowest BCUT2D eigenvalue weighted by Gasteiger charge is -2.34. The Labute approximate surface area is 131 Å². The highest BCUT2D eigenvalue weighted by molar-refractivity contribution is 7.89. The van der Waals surface area contributed by atoms with E-state index < -0.39 is 10.0 Å². The number of nitrogens with zero attached hydrogens (tertiary/aromatic N) is 2. The van der Waals surface area contributed by atoms with Gasteiger partial charge in [-0.2, -0.15) is 4.31 Å². The molecule has 1 unspecified atom stereocenters. The number of piperazine rings is 1. The third-order valence-corrected chi connectivity index (χ3v) is 5.70. The highest BCUT2D eigenvalue weighted by Crippen LogP contribution is 2.17. The Bertz CT molecular complexity index is 594. The first-order valence-corrected chi connectivity index (χ1v) is 8.94. The summed E-state index contributed by atoms with van der Waals surface area (Å²) in [5, 5.41) is 0. The Hall–Kier alpha value is -1.44. The molecule has 0 aliphatic carbocycles. The summed E-state index contributed by atoms with van der Waals surface area (Å²) in [6.45, 7) is 3.41. The number of benzene rings is 1. The summed E-state index contributed by atoms with van der Waals surface area (Å²) < 4.78 is 26.4. The Morgan fingerprint density at radius 2 is 1.77 bits per heavy atom. The Kier molecular flexibility index (Phi) is 5.55. The minimum atomic E-state index is -3.46. The third-order valence-electron chi connectivity index (χ3n) is 3.79. The van der Waals surface area contributed by atoms with Gasteiger partial charge in [0.1, 0.15) is 0 Å². The molecule has 0 bridgehead atoms. The third kappa shape index (κ3) is 4.06. The molecule has 22 heavy (non-hydrogen) atoms. The number of nitrogens with two attached hydrogens (primary N) is 1. The molecule has 0 radical (unpaired) electrons. The number of rotatable bonds is 5. The van der Waals surface area contributed by atoms with Crippen LogP contribution in [0.5, 0.6) is 0 Å². The molecule has 1 fully saturated rings. The van der Waals surface area contributed by atoms with E-state index in [9.17, 15) is 13.2 Å². The fourth-order valence-corrected chi connectivity index (χ4v) is 3.87. The van der Waals surface area contributed by atoms with Crippen LogP contribution in [0.15, 0.2) is 35.2 Å². The zero-order chi connectivity index (χ0) is 16.2. The molecule has 1 aliphatic heterocycles. The van der Waals surface area contributed by atoms with E-state index in [0.717, 1.165) is 0 Å². The van der Waals surface area contributed by atoms with Crippen molar-refractivity contribution in [2.24, 2.45) is 5.73 Å². The molecule has 0 saturated carbocycles. The molecule has 2 N–H and O–H groups in total. The zero-order valence-electron chi connectivity index (χ0n) is 12.8. The Morgan fingerprint density at radius 1 is 1.18 bits per heavy atom. The van der Waals surface area contributed by atoms with E-state index in [0.29, 0.717) is 43.9 Å². The molecule has 1 atom stereocenters. The molecule has 0 aromatic heterocycles. The summed E-state index contributed by atoms with van der Waals surface area (Å²) >= 11 is 0. The van der Waals surface area contributed by atoms with Gasteiger partial charge in [-0.25, -0.2) is 8.42 Å². The first-order chi connectivity index (χ1) is 10.4. The van der Waals surface area contributed by atoms with Crippen molar-refractivity contribution in [3.8, 4) is 0 Å². The van der Waals surface area contributed by atoms with Gasteiger partial charge in [0.2, 0.25) is 15.9 Å². The van der Waals surface area contributed by atoms with Crippen LogP contribution in [-0.2, 0) is 14.8 Å². The number of hydrogen-bond acceptors (Lipinski definition) is 4. The lowest BCUT2D eigenvalue weighted by molar-refractivity contribution is -0.132. The van der Waals surface area contributed by atoms with Crippen molar-refractivity contribution >= 4 is 15.9 Å². The molecule has 1 aliphatic rings. The van der Waals surface area contributed by atoms with E-state index in [1.807, 2.05) is 6.92 Å². The first kappa shape index (κ1) is 16.9. The van der Waals surface area contributed by atoms with Crippen LogP contribution in [0.4, 0.5) is 0 Å². The molecule has 1 saturated heterocycles. The smallest absolute Gasteiger partial charge is 0.243 e. The van der Waals surface area contributed by atoms with E-state index in [4.69, 9.17) is 5.73 Å². The molecular weight excluding hydrogens is 302 g/mol. The normalized spacial score (nSPS) is 18.2. The Morgan fingerprint density at radius 3 is 2.32 bits per heavy atom. The predicted octanol–water partition coefficient (Wildman–Crippen LogP) is 0.647. The van der Waals surface area contributed by atoms with Crippen LogP contribution in [-0.4, -0.2) is 55.8 Å². The van der Waals surface area contributed by atoms with Gasteiger partial charge in [-0.3, -0.25) is 4.79 Å². The lowest BCUT2D eigenvalue weighted by Crippen LogP contribution is -2.50. The van der Waals surface area contributed by atoms with E-state index in [2.05, 4.69) is 0 Å². The van der Waals surface area contributed by atoms with Crippen molar-refractivity contribution in [1.29, 1.82) is 0 Å². The second kappa shape index (κ2) is 7.21. The van der Waals surface area contributed by atoms with Gasteiger partial charge in [0.05, 0.1) is 4.90 Å². The van der Waals surface area contributed by atoms with Gasteiger partial charge in [-0.1, -0.05) is 18.2 Å². The van der Waals surface area contributed by atoms with E-state index >= 15 is 0 Å². The number of hydrogen-bond donors (Lipinski definition) is 1. The van der Waals surface area contributed by atoms with Gasteiger partial charge in [0.15, 0.2) is 0 Å². The van der Waals surface area contributed by atoms with Crippen LogP contribution in [0.25, 0.3) is 0 Å². The van der Waals surface area contributed by atoms with Gasteiger partial charge < -0.3 is 10.6 Å². The number of amides is 1. The maximum absolute atomic E-state index is 12.5. The quantitative estimate of drug-likeness (QED) is 0.861. The van der Waals surface area contributed by atoms with E-state index in [-0.39, 0.29) is 11.9 Å². The van der Waals surface area contributed by atoms with Crippen LogP contribution >= 0.6 is 0 Å². The molecule has 1 aromatic carbocycles. The molecule has 1 aromatic rings. The van der Waals surface area contributed by atoms with Crippen LogP contribution in [0.1, 0.15) is 19.8 Å². The summed E-state index contributed by atoms with van der Waals surface area (Å²) in [7, 11) is -3.46. The molecule has 6 nitrogen and oxygen atoms in total. The molecule has 7 heteroatoms. The van der Waals surface area contributed by atoms with Crippen LogP contribution in [0.3, 0.4) is 0 Å². The van der Waals surface area contributed by atoms with Gasteiger partial charge in [-0.15, -0.1) is 0 Å². The molecule has 122 valence electrons. The van der Waals surface area contributed by atoms with Crippen molar-refractivity contribution in [2.45, 2.75) is 30.7 Å². The molecule has 0 spiro atoms. The maximum atomic E-state index is 12.5. The highest BCUT2D eigenvalue weighted by atomic mass is 32.2. The molecule has 1 heterocycles. The van der Waals surface area contributed by atoms with Gasteiger partial charge in [-0.05, 0) is 25.5 Å². The summed E-state index contributed by atoms with van der Waals surface area (Å²) in [5.74, 6) is 0.0501. The SMILES string of the molecule is CC(N)CCC(=O)N1CCN(S(=O)(=O)c2ccccc2)CC1. The lowest BCUT2D eigenvalue weighted by atomic mass is 10.2. The zero-order valence-corrected chi connectivity index (χ0v) is 13.6. The second-order valence-electron chi connectivity index (χ2n) is 5.61.